The molecule has 0 aliphatic carbocycles. The number of fused-ring (bicyclic) bond motifs is 2. The third-order valence-electron chi connectivity index (χ3n) is 7.66. The first-order chi connectivity index (χ1) is 19.0. The maximum Gasteiger partial charge on any atom is 0.272 e. The zero-order chi connectivity index (χ0) is 28.4. The molecule has 0 radical (unpaired) electrons. The molecule has 0 aliphatic heterocycles. The molecule has 6 rings (SSSR count). The maximum absolute atomic E-state index is 12.8. The fourth-order valence-electron chi connectivity index (χ4n) is 5.69. The Labute approximate surface area is 230 Å². The lowest BCUT2D eigenvalue weighted by atomic mass is 9.97. The Kier molecular flexibility index (Phi) is 5.77. The molecule has 2 N–H and O–H groups in total. The van der Waals surface area contributed by atoms with E-state index in [1.807, 2.05) is 79.3 Å². The molecule has 0 spiro atoms. The highest BCUT2D eigenvalue weighted by atomic mass is 32.2. The van der Waals surface area contributed by atoms with Crippen LogP contribution in [0.15, 0.2) is 72.4 Å². The van der Waals surface area contributed by atoms with Crippen molar-refractivity contribution < 1.29 is 8.42 Å². The quantitative estimate of drug-likeness (QED) is 0.310. The molecule has 11 nitrogen and oxygen atoms in total. The molecule has 5 heterocycles. The molecule has 0 saturated carbocycles. The molecule has 0 aliphatic rings. The number of nitrogens with zero attached hydrogens (tertiary/aromatic N) is 6. The molecule has 12 heteroatoms. The molecule has 0 saturated heterocycles. The average molecular weight is 559 g/mol. The third-order valence-corrected chi connectivity index (χ3v) is 8.95. The van der Waals surface area contributed by atoms with Crippen LogP contribution in [0.3, 0.4) is 0 Å². The summed E-state index contributed by atoms with van der Waals surface area (Å²) >= 11 is 0. The Morgan fingerprint density at radius 1 is 0.950 bits per heavy atom. The van der Waals surface area contributed by atoms with E-state index in [-0.39, 0.29) is 11.3 Å². The summed E-state index contributed by atoms with van der Waals surface area (Å²) in [5.41, 5.74) is 2.30. The molecule has 5 aromatic heterocycles. The van der Waals surface area contributed by atoms with Gasteiger partial charge in [-0.05, 0) is 43.7 Å². The number of hydrogen-bond donors (Lipinski definition) is 2. The normalized spacial score (nSPS) is 12.5. The van der Waals surface area contributed by atoms with E-state index in [9.17, 15) is 13.2 Å². The van der Waals surface area contributed by atoms with Crippen LogP contribution in [-0.4, -0.2) is 47.4 Å². The van der Waals surface area contributed by atoms with Crippen molar-refractivity contribution >= 4 is 37.5 Å². The summed E-state index contributed by atoms with van der Waals surface area (Å²) in [5.74, 6) is 1.45. The summed E-state index contributed by atoms with van der Waals surface area (Å²) < 4.78 is 36.2. The van der Waals surface area contributed by atoms with E-state index in [2.05, 4.69) is 21.2 Å². The van der Waals surface area contributed by atoms with Crippen molar-refractivity contribution in [3.63, 3.8) is 0 Å². The van der Waals surface area contributed by atoms with Gasteiger partial charge in [0.1, 0.15) is 17.2 Å². The van der Waals surface area contributed by atoms with Gasteiger partial charge in [-0.3, -0.25) is 9.52 Å². The standard InChI is InChI=1S/C28H30N8O3S/c1-6-40(38,39)32-22-15-18(21-17-35(5)24-19(21)7-9-29-25(24)37)16-23-20(22)8-12-36(23)28(2,26-30-10-13-33(26)3)27-31-11-14-34(27)4/h7-17,32H,6H2,1-5H3,(H,29,37). The van der Waals surface area contributed by atoms with Gasteiger partial charge >= 0.3 is 0 Å². The van der Waals surface area contributed by atoms with E-state index in [4.69, 9.17) is 9.97 Å². The number of anilines is 1. The van der Waals surface area contributed by atoms with Crippen molar-refractivity contribution in [2.45, 2.75) is 19.4 Å². The number of aryl methyl sites for hydroxylation is 3. The largest absolute Gasteiger partial charge is 0.345 e. The number of hydrogen-bond acceptors (Lipinski definition) is 5. The Morgan fingerprint density at radius 3 is 2.23 bits per heavy atom. The van der Waals surface area contributed by atoms with Crippen LogP contribution in [0.2, 0.25) is 0 Å². The SMILES string of the molecule is CCS(=O)(=O)Nc1cc(-c2cn(C)c3c(=O)[nH]ccc23)cc2c1ccn2C(C)(c1nccn1C)c1nccn1C. The minimum atomic E-state index is -3.59. The van der Waals surface area contributed by atoms with Crippen molar-refractivity contribution in [2.75, 3.05) is 10.5 Å². The third kappa shape index (κ3) is 3.78. The van der Waals surface area contributed by atoms with Crippen molar-refractivity contribution in [1.82, 2.24) is 33.2 Å². The van der Waals surface area contributed by atoms with E-state index in [1.165, 1.54) is 0 Å². The van der Waals surface area contributed by atoms with Crippen LogP contribution < -0.4 is 10.3 Å². The van der Waals surface area contributed by atoms with Crippen LogP contribution in [0.4, 0.5) is 5.69 Å². The number of sulfonamides is 1. The average Bonchev–Trinajstić information content (AvgIpc) is 3.70. The van der Waals surface area contributed by atoms with Gasteiger partial charge in [-0.2, -0.15) is 0 Å². The highest BCUT2D eigenvalue weighted by Crippen LogP contribution is 2.40. The lowest BCUT2D eigenvalue weighted by Gasteiger charge is -2.31. The van der Waals surface area contributed by atoms with E-state index < -0.39 is 15.6 Å². The predicted octanol–water partition coefficient (Wildman–Crippen LogP) is 3.53. The second-order valence-electron chi connectivity index (χ2n) is 10.2. The summed E-state index contributed by atoms with van der Waals surface area (Å²) in [6.45, 7) is 3.65. The molecule has 40 heavy (non-hydrogen) atoms. The Hall–Kier alpha value is -4.58. The molecule has 0 unspecified atom stereocenters. The lowest BCUT2D eigenvalue weighted by Crippen LogP contribution is -2.37. The number of nitrogens with one attached hydrogen (secondary N) is 2. The second kappa shape index (κ2) is 8.98. The summed E-state index contributed by atoms with van der Waals surface area (Å²) in [7, 11) is 2.12. The topological polar surface area (TPSA) is 125 Å². The van der Waals surface area contributed by atoms with Gasteiger partial charge in [-0.25, -0.2) is 18.4 Å². The van der Waals surface area contributed by atoms with Crippen LogP contribution in [0.25, 0.3) is 32.9 Å². The Morgan fingerprint density at radius 2 is 1.62 bits per heavy atom. The number of imidazole rings is 2. The van der Waals surface area contributed by atoms with Crippen molar-refractivity contribution in [3.8, 4) is 11.1 Å². The van der Waals surface area contributed by atoms with Gasteiger partial charge in [-0.15, -0.1) is 0 Å². The molecular formula is C28H30N8O3S. The minimum absolute atomic E-state index is 0.0681. The molecule has 206 valence electrons. The number of pyridine rings is 1. The van der Waals surface area contributed by atoms with Gasteiger partial charge in [0.05, 0.1) is 17.0 Å². The first kappa shape index (κ1) is 25.7. The van der Waals surface area contributed by atoms with Crippen LogP contribution in [0.5, 0.6) is 0 Å². The van der Waals surface area contributed by atoms with Gasteiger partial charge in [0.25, 0.3) is 5.56 Å². The highest BCUT2D eigenvalue weighted by Gasteiger charge is 2.39. The molecule has 0 fully saturated rings. The highest BCUT2D eigenvalue weighted by molar-refractivity contribution is 7.92. The van der Waals surface area contributed by atoms with Crippen LogP contribution in [0.1, 0.15) is 25.5 Å². The molecular weight excluding hydrogens is 528 g/mol. The zero-order valence-electron chi connectivity index (χ0n) is 22.9. The zero-order valence-corrected chi connectivity index (χ0v) is 23.7. The van der Waals surface area contributed by atoms with E-state index in [0.29, 0.717) is 11.2 Å². The van der Waals surface area contributed by atoms with E-state index in [0.717, 1.165) is 39.1 Å². The summed E-state index contributed by atoms with van der Waals surface area (Å²) in [4.78, 5) is 24.8. The Balaban J connectivity index is 1.71. The van der Waals surface area contributed by atoms with Crippen molar-refractivity contribution in [1.29, 1.82) is 0 Å². The maximum atomic E-state index is 12.8. The summed E-state index contributed by atoms with van der Waals surface area (Å²) in [6, 6.07) is 7.62. The van der Waals surface area contributed by atoms with Gasteiger partial charge in [-0.1, -0.05) is 0 Å². The van der Waals surface area contributed by atoms with Crippen LogP contribution in [0, 0.1) is 0 Å². The molecule has 0 amide bonds. The van der Waals surface area contributed by atoms with Gasteiger partial charge in [0.2, 0.25) is 10.0 Å². The summed E-state index contributed by atoms with van der Waals surface area (Å²) in [6.07, 6.45) is 12.7. The van der Waals surface area contributed by atoms with Gasteiger partial charge in [0.15, 0.2) is 5.54 Å². The van der Waals surface area contributed by atoms with Crippen molar-refractivity contribution in [3.05, 3.63) is 89.6 Å². The van der Waals surface area contributed by atoms with Crippen molar-refractivity contribution in [2.24, 2.45) is 21.1 Å². The monoisotopic (exact) mass is 558 g/mol. The second-order valence-corrected chi connectivity index (χ2v) is 12.2. The van der Waals surface area contributed by atoms with Gasteiger partial charge < -0.3 is 23.3 Å². The molecule has 6 aromatic rings. The molecule has 0 atom stereocenters. The molecule has 0 bridgehead atoms. The number of benzene rings is 1. The number of H-pyrrole nitrogens is 1. The Bertz CT molecular complexity index is 2030. The number of aromatic nitrogens is 7. The fourth-order valence-corrected chi connectivity index (χ4v) is 6.34. The fraction of sp³-hybridized carbons (Fsp3) is 0.250. The van der Waals surface area contributed by atoms with Gasteiger partial charge in [0, 0.05) is 80.9 Å². The minimum Gasteiger partial charge on any atom is -0.345 e. The summed E-state index contributed by atoms with van der Waals surface area (Å²) in [5, 5.41) is 1.50. The van der Waals surface area contributed by atoms with E-state index >= 15 is 0 Å². The van der Waals surface area contributed by atoms with E-state index in [1.54, 1.807) is 30.1 Å². The predicted molar refractivity (Wildman–Crippen MR) is 156 cm³/mol. The van der Waals surface area contributed by atoms with Crippen LogP contribution in [-0.2, 0) is 36.7 Å². The van der Waals surface area contributed by atoms with Crippen LogP contribution >= 0.6 is 0 Å². The smallest absolute Gasteiger partial charge is 0.272 e. The first-order valence-electron chi connectivity index (χ1n) is 12.8. The molecule has 1 aromatic carbocycles. The number of rotatable bonds is 7. The first-order valence-corrected chi connectivity index (χ1v) is 14.5. The lowest BCUT2D eigenvalue weighted by molar-refractivity contribution is 0.409. The number of aromatic amines is 1.